The molecule has 2 aromatic carbocycles. The monoisotopic (exact) mass is 304 g/mol. The summed E-state index contributed by atoms with van der Waals surface area (Å²) in [6.45, 7) is 2.70. The van der Waals surface area contributed by atoms with E-state index in [1.165, 1.54) is 0 Å². The quantitative estimate of drug-likeness (QED) is 0.887. The van der Waals surface area contributed by atoms with Crippen LogP contribution in [0.15, 0.2) is 42.5 Å². The molecule has 20 heavy (non-hydrogen) atoms. The highest BCUT2D eigenvalue weighted by Crippen LogP contribution is 2.26. The van der Waals surface area contributed by atoms with Crippen molar-refractivity contribution in [1.29, 1.82) is 5.26 Å². The number of halogens is 2. The van der Waals surface area contributed by atoms with Crippen LogP contribution in [0.4, 0.5) is 0 Å². The largest absolute Gasteiger partial charge is 0.306 e. The number of nitriles is 1. The molecule has 4 heteroatoms. The van der Waals surface area contributed by atoms with Gasteiger partial charge in [-0.15, -0.1) is 0 Å². The maximum Gasteiger partial charge on any atom is 0.0991 e. The van der Waals surface area contributed by atoms with Gasteiger partial charge in [0.15, 0.2) is 0 Å². The maximum atomic E-state index is 8.88. The SMILES string of the molecule is CC(NCc1cccc(C#N)c1)c1cc(Cl)ccc1Cl. The smallest absolute Gasteiger partial charge is 0.0991 e. The van der Waals surface area contributed by atoms with Gasteiger partial charge in [0.25, 0.3) is 0 Å². The molecule has 0 aromatic heterocycles. The second-order valence-electron chi connectivity index (χ2n) is 4.58. The summed E-state index contributed by atoms with van der Waals surface area (Å²) in [4.78, 5) is 0. The molecule has 0 aliphatic carbocycles. The van der Waals surface area contributed by atoms with Crippen molar-refractivity contribution >= 4 is 23.2 Å². The highest BCUT2D eigenvalue weighted by atomic mass is 35.5. The van der Waals surface area contributed by atoms with E-state index in [2.05, 4.69) is 11.4 Å². The third-order valence-corrected chi connectivity index (χ3v) is 3.67. The Bertz CT molecular complexity index is 647. The Hall–Kier alpha value is -1.53. The molecular formula is C16H14Cl2N2. The van der Waals surface area contributed by atoms with Crippen LogP contribution < -0.4 is 5.32 Å². The summed E-state index contributed by atoms with van der Waals surface area (Å²) in [5.41, 5.74) is 2.70. The van der Waals surface area contributed by atoms with Crippen molar-refractivity contribution in [3.63, 3.8) is 0 Å². The van der Waals surface area contributed by atoms with Gasteiger partial charge in [0, 0.05) is 22.6 Å². The maximum absolute atomic E-state index is 8.88. The van der Waals surface area contributed by atoms with Gasteiger partial charge in [0.1, 0.15) is 0 Å². The lowest BCUT2D eigenvalue weighted by atomic mass is 10.1. The third-order valence-electron chi connectivity index (χ3n) is 3.09. The van der Waals surface area contributed by atoms with Crippen LogP contribution >= 0.6 is 23.2 Å². The van der Waals surface area contributed by atoms with Gasteiger partial charge in [-0.05, 0) is 48.4 Å². The van der Waals surface area contributed by atoms with Crippen LogP contribution in [0.2, 0.25) is 10.0 Å². The highest BCUT2D eigenvalue weighted by molar-refractivity contribution is 6.33. The molecule has 0 amide bonds. The Labute approximate surface area is 128 Å². The second-order valence-corrected chi connectivity index (χ2v) is 5.42. The van der Waals surface area contributed by atoms with Crippen molar-refractivity contribution in [2.45, 2.75) is 19.5 Å². The van der Waals surface area contributed by atoms with Crippen LogP contribution in [0.1, 0.15) is 29.7 Å². The van der Waals surface area contributed by atoms with Gasteiger partial charge in [-0.1, -0.05) is 35.3 Å². The van der Waals surface area contributed by atoms with Gasteiger partial charge in [-0.2, -0.15) is 5.26 Å². The molecule has 1 atom stereocenters. The van der Waals surface area contributed by atoms with E-state index in [4.69, 9.17) is 28.5 Å². The molecule has 102 valence electrons. The van der Waals surface area contributed by atoms with Crippen molar-refractivity contribution in [2.24, 2.45) is 0 Å². The zero-order chi connectivity index (χ0) is 14.5. The lowest BCUT2D eigenvalue weighted by molar-refractivity contribution is 0.575. The minimum atomic E-state index is 0.0759. The number of nitrogens with one attached hydrogen (secondary N) is 1. The summed E-state index contributed by atoms with van der Waals surface area (Å²) in [5.74, 6) is 0. The predicted molar refractivity (Wildman–Crippen MR) is 82.9 cm³/mol. The lowest BCUT2D eigenvalue weighted by Crippen LogP contribution is -2.18. The van der Waals surface area contributed by atoms with E-state index in [1.807, 2.05) is 31.2 Å². The van der Waals surface area contributed by atoms with Gasteiger partial charge in [-0.25, -0.2) is 0 Å². The van der Waals surface area contributed by atoms with Crippen LogP contribution in [-0.4, -0.2) is 0 Å². The van der Waals surface area contributed by atoms with Crippen molar-refractivity contribution < 1.29 is 0 Å². The zero-order valence-corrected chi connectivity index (χ0v) is 12.5. The number of nitrogens with zero attached hydrogens (tertiary/aromatic N) is 1. The molecule has 0 spiro atoms. The summed E-state index contributed by atoms with van der Waals surface area (Å²) in [5, 5.41) is 13.6. The minimum absolute atomic E-state index is 0.0759. The fourth-order valence-corrected chi connectivity index (χ4v) is 2.44. The number of hydrogen-bond donors (Lipinski definition) is 1. The second kappa shape index (κ2) is 6.76. The van der Waals surface area contributed by atoms with E-state index >= 15 is 0 Å². The molecule has 0 heterocycles. The molecule has 0 saturated carbocycles. The Morgan fingerprint density at radius 3 is 2.75 bits per heavy atom. The van der Waals surface area contributed by atoms with Crippen LogP contribution in [-0.2, 0) is 6.54 Å². The first-order valence-electron chi connectivity index (χ1n) is 6.27. The molecule has 0 saturated heterocycles. The summed E-state index contributed by atoms with van der Waals surface area (Å²) in [6.07, 6.45) is 0. The van der Waals surface area contributed by atoms with E-state index < -0.39 is 0 Å². The van der Waals surface area contributed by atoms with Crippen LogP contribution in [0.3, 0.4) is 0 Å². The van der Waals surface area contributed by atoms with Gasteiger partial charge in [-0.3, -0.25) is 0 Å². The van der Waals surface area contributed by atoms with Gasteiger partial charge in [0.05, 0.1) is 11.6 Å². The van der Waals surface area contributed by atoms with E-state index in [9.17, 15) is 0 Å². The number of hydrogen-bond acceptors (Lipinski definition) is 2. The Morgan fingerprint density at radius 1 is 1.20 bits per heavy atom. The standard InChI is InChI=1S/C16H14Cl2N2/c1-11(15-8-14(17)5-6-16(15)18)20-10-13-4-2-3-12(7-13)9-19/h2-8,11,20H,10H2,1H3. The van der Waals surface area contributed by atoms with Crippen molar-refractivity contribution in [3.05, 3.63) is 69.2 Å². The molecule has 0 radical (unpaired) electrons. The molecule has 2 rings (SSSR count). The predicted octanol–water partition coefficient (Wildman–Crippen LogP) is 4.72. The molecule has 0 bridgehead atoms. The van der Waals surface area contributed by atoms with Crippen molar-refractivity contribution in [3.8, 4) is 6.07 Å². The first-order valence-corrected chi connectivity index (χ1v) is 7.03. The topological polar surface area (TPSA) is 35.8 Å². The lowest BCUT2D eigenvalue weighted by Gasteiger charge is -2.16. The van der Waals surface area contributed by atoms with Crippen molar-refractivity contribution in [1.82, 2.24) is 5.32 Å². The number of rotatable bonds is 4. The van der Waals surface area contributed by atoms with Crippen LogP contribution in [0, 0.1) is 11.3 Å². The summed E-state index contributed by atoms with van der Waals surface area (Å²) in [7, 11) is 0. The van der Waals surface area contributed by atoms with E-state index in [0.29, 0.717) is 22.2 Å². The Balaban J connectivity index is 2.06. The minimum Gasteiger partial charge on any atom is -0.306 e. The first-order chi connectivity index (χ1) is 9.60. The van der Waals surface area contributed by atoms with Gasteiger partial charge >= 0.3 is 0 Å². The van der Waals surface area contributed by atoms with Gasteiger partial charge in [0.2, 0.25) is 0 Å². The molecule has 0 aliphatic heterocycles. The van der Waals surface area contributed by atoms with Crippen LogP contribution in [0.25, 0.3) is 0 Å². The third kappa shape index (κ3) is 3.74. The van der Waals surface area contributed by atoms with Gasteiger partial charge < -0.3 is 5.32 Å². The molecule has 0 fully saturated rings. The molecule has 1 unspecified atom stereocenters. The molecule has 1 N–H and O–H groups in total. The summed E-state index contributed by atoms with van der Waals surface area (Å²) in [6, 6.07) is 15.2. The Morgan fingerprint density at radius 2 is 2.00 bits per heavy atom. The van der Waals surface area contributed by atoms with Crippen LogP contribution in [0.5, 0.6) is 0 Å². The fourth-order valence-electron chi connectivity index (χ4n) is 1.98. The van der Waals surface area contributed by atoms with E-state index in [-0.39, 0.29) is 6.04 Å². The molecule has 2 aromatic rings. The normalized spacial score (nSPS) is 11.9. The zero-order valence-electron chi connectivity index (χ0n) is 11.0. The summed E-state index contributed by atoms with van der Waals surface area (Å²) < 4.78 is 0. The average molecular weight is 305 g/mol. The highest BCUT2D eigenvalue weighted by Gasteiger charge is 2.10. The summed E-state index contributed by atoms with van der Waals surface area (Å²) >= 11 is 12.2. The van der Waals surface area contributed by atoms with E-state index in [0.717, 1.165) is 11.1 Å². The molecule has 0 aliphatic rings. The average Bonchev–Trinajstić information content (AvgIpc) is 2.47. The van der Waals surface area contributed by atoms with E-state index in [1.54, 1.807) is 18.2 Å². The van der Waals surface area contributed by atoms with Crippen molar-refractivity contribution in [2.75, 3.05) is 0 Å². The Kier molecular flexibility index (Phi) is 5.03. The molecule has 2 nitrogen and oxygen atoms in total. The molecular weight excluding hydrogens is 291 g/mol. The number of benzene rings is 2. The first kappa shape index (κ1) is 14.9. The fraction of sp³-hybridized carbons (Fsp3) is 0.188.